The Hall–Kier alpha value is -1.10. The summed E-state index contributed by atoms with van der Waals surface area (Å²) in [6, 6.07) is 0.238. The molecule has 2 N–H and O–H groups in total. The van der Waals surface area contributed by atoms with Gasteiger partial charge in [0, 0.05) is 12.6 Å². The second-order valence-corrected chi connectivity index (χ2v) is 5.44. The molecule has 5 heteroatoms. The molecule has 0 bridgehead atoms. The summed E-state index contributed by atoms with van der Waals surface area (Å²) in [6.07, 6.45) is 7.35. The summed E-state index contributed by atoms with van der Waals surface area (Å²) in [4.78, 5) is 24.6. The Kier molecular flexibility index (Phi) is 4.58. The molecule has 18 heavy (non-hydrogen) atoms. The minimum absolute atomic E-state index is 0.0228. The van der Waals surface area contributed by atoms with Gasteiger partial charge in [-0.05, 0) is 12.8 Å². The number of nitrogens with zero attached hydrogens (tertiary/aromatic N) is 1. The Balaban J connectivity index is 1.94. The molecule has 5 nitrogen and oxygen atoms in total. The molecule has 1 saturated heterocycles. The van der Waals surface area contributed by atoms with Gasteiger partial charge in [0.15, 0.2) is 0 Å². The Morgan fingerprint density at radius 1 is 1.28 bits per heavy atom. The minimum Gasteiger partial charge on any atom is -0.481 e. The minimum atomic E-state index is -0.844. The maximum Gasteiger partial charge on any atom is 0.305 e. The number of carboxylic acid groups (broad SMARTS) is 1. The average molecular weight is 254 g/mol. The third-order valence-electron chi connectivity index (χ3n) is 3.93. The van der Waals surface area contributed by atoms with Crippen LogP contribution < -0.4 is 5.32 Å². The van der Waals surface area contributed by atoms with Crippen molar-refractivity contribution < 1.29 is 14.7 Å². The van der Waals surface area contributed by atoms with Crippen molar-refractivity contribution >= 4 is 11.9 Å². The molecule has 1 atom stereocenters. The van der Waals surface area contributed by atoms with Gasteiger partial charge in [0.1, 0.15) is 0 Å². The molecule has 2 rings (SSSR count). The molecule has 1 heterocycles. The molecule has 0 spiro atoms. The maximum absolute atomic E-state index is 11.6. The molecule has 1 saturated carbocycles. The van der Waals surface area contributed by atoms with E-state index in [2.05, 4.69) is 10.2 Å². The quantitative estimate of drug-likeness (QED) is 0.737. The van der Waals surface area contributed by atoms with Gasteiger partial charge in [0.25, 0.3) is 0 Å². The van der Waals surface area contributed by atoms with Gasteiger partial charge in [-0.2, -0.15) is 0 Å². The molecule has 1 amide bonds. The van der Waals surface area contributed by atoms with Crippen LogP contribution in [0.4, 0.5) is 0 Å². The van der Waals surface area contributed by atoms with Crippen LogP contribution in [0.1, 0.15) is 44.9 Å². The van der Waals surface area contributed by atoms with E-state index in [1.54, 1.807) is 0 Å². The Labute approximate surface area is 108 Å². The van der Waals surface area contributed by atoms with Crippen LogP contribution in [0.2, 0.25) is 0 Å². The van der Waals surface area contributed by atoms with Gasteiger partial charge in [-0.15, -0.1) is 0 Å². The van der Waals surface area contributed by atoms with E-state index in [-0.39, 0.29) is 18.4 Å². The number of carboxylic acids is 1. The normalized spacial score (nSPS) is 27.6. The monoisotopic (exact) mass is 254 g/mol. The van der Waals surface area contributed by atoms with Crippen molar-refractivity contribution in [3.8, 4) is 0 Å². The third-order valence-corrected chi connectivity index (χ3v) is 3.93. The predicted octanol–water partition coefficient (Wildman–Crippen LogP) is 0.984. The number of hydrogen-bond donors (Lipinski definition) is 2. The first kappa shape index (κ1) is 13.3. The zero-order chi connectivity index (χ0) is 13.0. The van der Waals surface area contributed by atoms with Gasteiger partial charge in [-0.1, -0.05) is 25.7 Å². The van der Waals surface area contributed by atoms with E-state index >= 15 is 0 Å². The number of aliphatic carboxylic acids is 1. The summed E-state index contributed by atoms with van der Waals surface area (Å²) in [7, 11) is 0. The highest BCUT2D eigenvalue weighted by Crippen LogP contribution is 2.23. The summed E-state index contributed by atoms with van der Waals surface area (Å²) in [6.45, 7) is 1.11. The lowest BCUT2D eigenvalue weighted by atomic mass is 10.0. The van der Waals surface area contributed by atoms with Crippen molar-refractivity contribution in [2.24, 2.45) is 0 Å². The maximum atomic E-state index is 11.6. The molecular formula is C13H22N2O3. The zero-order valence-corrected chi connectivity index (χ0v) is 10.7. The fraction of sp³-hybridized carbons (Fsp3) is 0.846. The summed E-state index contributed by atoms with van der Waals surface area (Å²) in [5, 5.41) is 11.6. The van der Waals surface area contributed by atoms with Crippen LogP contribution >= 0.6 is 0 Å². The molecule has 1 unspecified atom stereocenters. The molecular weight excluding hydrogens is 232 g/mol. The highest BCUT2D eigenvalue weighted by Gasteiger charge is 2.30. The van der Waals surface area contributed by atoms with E-state index in [4.69, 9.17) is 5.11 Å². The number of nitrogens with one attached hydrogen (secondary N) is 1. The lowest BCUT2D eigenvalue weighted by molar-refractivity contribution is -0.138. The molecule has 2 aliphatic rings. The fourth-order valence-corrected chi connectivity index (χ4v) is 3.08. The molecule has 1 aliphatic heterocycles. The molecule has 1 aliphatic carbocycles. The Morgan fingerprint density at radius 3 is 2.56 bits per heavy atom. The third kappa shape index (κ3) is 3.70. The van der Waals surface area contributed by atoms with Crippen molar-refractivity contribution in [3.63, 3.8) is 0 Å². The molecule has 0 aromatic carbocycles. The zero-order valence-electron chi connectivity index (χ0n) is 10.7. The van der Waals surface area contributed by atoms with Crippen LogP contribution in [0.3, 0.4) is 0 Å². The van der Waals surface area contributed by atoms with Crippen LogP contribution in [-0.2, 0) is 9.59 Å². The van der Waals surface area contributed by atoms with Crippen molar-refractivity contribution in [2.45, 2.75) is 57.0 Å². The smallest absolute Gasteiger partial charge is 0.305 e. The number of rotatable bonds is 3. The molecule has 102 valence electrons. The van der Waals surface area contributed by atoms with E-state index in [1.165, 1.54) is 25.7 Å². The molecule has 2 fully saturated rings. The Morgan fingerprint density at radius 2 is 1.94 bits per heavy atom. The van der Waals surface area contributed by atoms with Crippen molar-refractivity contribution in [1.29, 1.82) is 0 Å². The lowest BCUT2D eigenvalue weighted by Gasteiger charge is -2.37. The standard InChI is InChI=1S/C13H22N2O3/c16-12-9-15(8-10(14-12)7-13(17)18)11-5-3-1-2-4-6-11/h10-11H,1-9H2,(H,14,16)(H,17,18). The van der Waals surface area contributed by atoms with E-state index < -0.39 is 5.97 Å². The highest BCUT2D eigenvalue weighted by atomic mass is 16.4. The summed E-state index contributed by atoms with van der Waals surface area (Å²) in [5.41, 5.74) is 0. The first-order valence-electron chi connectivity index (χ1n) is 6.90. The number of carbonyl (C=O) groups excluding carboxylic acids is 1. The van der Waals surface area contributed by atoms with Gasteiger partial charge >= 0.3 is 5.97 Å². The molecule has 0 radical (unpaired) electrons. The van der Waals surface area contributed by atoms with Crippen LogP contribution in [0.5, 0.6) is 0 Å². The lowest BCUT2D eigenvalue weighted by Crippen LogP contribution is -2.57. The number of carbonyl (C=O) groups is 2. The average Bonchev–Trinajstić information content (AvgIpc) is 2.55. The van der Waals surface area contributed by atoms with E-state index in [1.807, 2.05) is 0 Å². The van der Waals surface area contributed by atoms with Gasteiger partial charge < -0.3 is 10.4 Å². The first-order valence-corrected chi connectivity index (χ1v) is 6.90. The second kappa shape index (κ2) is 6.18. The van der Waals surface area contributed by atoms with Gasteiger partial charge in [0.2, 0.25) is 5.91 Å². The largest absolute Gasteiger partial charge is 0.481 e. The van der Waals surface area contributed by atoms with Crippen LogP contribution in [0.15, 0.2) is 0 Å². The Bertz CT molecular complexity index is 309. The predicted molar refractivity (Wildman–Crippen MR) is 67.2 cm³/mol. The van der Waals surface area contributed by atoms with Crippen molar-refractivity contribution in [3.05, 3.63) is 0 Å². The van der Waals surface area contributed by atoms with Crippen LogP contribution in [-0.4, -0.2) is 47.1 Å². The van der Waals surface area contributed by atoms with Crippen LogP contribution in [0.25, 0.3) is 0 Å². The fourth-order valence-electron chi connectivity index (χ4n) is 3.08. The SMILES string of the molecule is O=C(O)CC1CN(C2CCCCCC2)CC(=O)N1. The molecule has 0 aromatic heterocycles. The van der Waals surface area contributed by atoms with Gasteiger partial charge in [-0.25, -0.2) is 0 Å². The van der Waals surface area contributed by atoms with E-state index in [0.29, 0.717) is 19.1 Å². The second-order valence-electron chi connectivity index (χ2n) is 5.44. The highest BCUT2D eigenvalue weighted by molar-refractivity contribution is 5.80. The van der Waals surface area contributed by atoms with Crippen molar-refractivity contribution in [2.75, 3.05) is 13.1 Å². The molecule has 0 aromatic rings. The van der Waals surface area contributed by atoms with E-state index in [0.717, 1.165) is 12.8 Å². The number of hydrogen-bond acceptors (Lipinski definition) is 3. The van der Waals surface area contributed by atoms with Gasteiger partial charge in [0.05, 0.1) is 19.0 Å². The summed E-state index contributed by atoms with van der Waals surface area (Å²) >= 11 is 0. The summed E-state index contributed by atoms with van der Waals surface area (Å²) in [5.74, 6) is -0.875. The summed E-state index contributed by atoms with van der Waals surface area (Å²) < 4.78 is 0. The van der Waals surface area contributed by atoms with Crippen LogP contribution in [0, 0.1) is 0 Å². The van der Waals surface area contributed by atoms with Crippen molar-refractivity contribution in [1.82, 2.24) is 10.2 Å². The number of amides is 1. The first-order chi connectivity index (χ1) is 8.65. The number of piperazine rings is 1. The van der Waals surface area contributed by atoms with Gasteiger partial charge in [-0.3, -0.25) is 14.5 Å². The topological polar surface area (TPSA) is 69.6 Å². The van der Waals surface area contributed by atoms with E-state index in [9.17, 15) is 9.59 Å².